The summed E-state index contributed by atoms with van der Waals surface area (Å²) in [6.45, 7) is 0. The van der Waals surface area contributed by atoms with E-state index in [9.17, 15) is 62.8 Å². The maximum Gasteiger partial charge on any atom is 0.573 e. The van der Waals surface area contributed by atoms with E-state index in [1.54, 1.807) is 0 Å². The number of nitrogens with two attached hydrogens (primary N) is 1. The largest absolute Gasteiger partial charge is 0.573 e. The van der Waals surface area contributed by atoms with Crippen molar-refractivity contribution < 1.29 is 67.1 Å². The minimum atomic E-state index is -5.10. The van der Waals surface area contributed by atoms with E-state index in [4.69, 9.17) is 5.73 Å². The molecule has 0 aliphatic heterocycles. The fourth-order valence-corrected chi connectivity index (χ4v) is 3.26. The molecule has 0 aliphatic rings. The summed E-state index contributed by atoms with van der Waals surface area (Å²) < 4.78 is 151. The molecule has 0 radical (unpaired) electrons. The molecule has 0 saturated heterocycles. The summed E-state index contributed by atoms with van der Waals surface area (Å²) in [6, 6.07) is 3.71. The Balaban J connectivity index is 0.000000362. The average Bonchev–Trinajstić information content (AvgIpc) is 2.60. The van der Waals surface area contributed by atoms with E-state index in [2.05, 4.69) is 9.47 Å². The predicted molar refractivity (Wildman–Crippen MR) is 101 cm³/mol. The van der Waals surface area contributed by atoms with Crippen LogP contribution in [0, 0.1) is 10.1 Å². The van der Waals surface area contributed by atoms with Crippen molar-refractivity contribution in [1.29, 1.82) is 0 Å². The molecule has 0 amide bonds. The molecule has 0 unspecified atom stereocenters. The van der Waals surface area contributed by atoms with Gasteiger partial charge in [-0.05, 0) is 47.8 Å². The monoisotopic (exact) mass is 584 g/mol. The maximum atomic E-state index is 12.1. The lowest BCUT2D eigenvalue weighted by Crippen LogP contribution is -2.17. The molecule has 2 aromatic rings. The molecule has 0 aliphatic carbocycles. The zero-order valence-electron chi connectivity index (χ0n) is 16.5. The van der Waals surface area contributed by atoms with Gasteiger partial charge in [-0.1, -0.05) is 0 Å². The highest BCUT2D eigenvalue weighted by molar-refractivity contribution is 8.00. The molecule has 0 fully saturated rings. The van der Waals surface area contributed by atoms with Gasteiger partial charge >= 0.3 is 23.7 Å². The molecule has 0 saturated carbocycles. The first-order valence-corrected chi connectivity index (χ1v) is 9.89. The smallest absolute Gasteiger partial charge is 0.406 e. The molecule has 0 bridgehead atoms. The Morgan fingerprint density at radius 2 is 1.08 bits per heavy atom. The number of halogens is 12. The topological polar surface area (TPSA) is 87.6 Å². The fourth-order valence-electron chi connectivity index (χ4n) is 1.97. The van der Waals surface area contributed by atoms with Crippen LogP contribution in [0.5, 0.6) is 11.5 Å². The highest BCUT2D eigenvalue weighted by atomic mass is 32.2. The second-order valence-corrected chi connectivity index (χ2v) is 7.99. The normalized spacial score (nSPS) is 12.4. The summed E-state index contributed by atoms with van der Waals surface area (Å²) in [5.74, 6) is -1.72. The minimum Gasteiger partial charge on any atom is -0.406 e. The maximum absolute atomic E-state index is 12.1. The summed E-state index contributed by atoms with van der Waals surface area (Å²) in [5, 5.41) is 10.5. The number of nitrogens with zero attached hydrogens (tertiary/aromatic N) is 1. The predicted octanol–water partition coefficient (Wildman–Crippen LogP) is 7.88. The molecule has 0 spiro atoms. The summed E-state index contributed by atoms with van der Waals surface area (Å²) in [7, 11) is 0. The van der Waals surface area contributed by atoms with Crippen LogP contribution in [0.3, 0.4) is 0 Å². The van der Waals surface area contributed by atoms with Gasteiger partial charge < -0.3 is 15.2 Å². The first kappa shape index (κ1) is 31.1. The van der Waals surface area contributed by atoms with Gasteiger partial charge in [0.2, 0.25) is 0 Å². The Kier molecular flexibility index (Phi) is 9.89. The number of nitro groups is 1. The van der Waals surface area contributed by atoms with Gasteiger partial charge in [0.1, 0.15) is 11.5 Å². The summed E-state index contributed by atoms with van der Waals surface area (Å²) >= 11 is -1.50. The Morgan fingerprint density at radius 1 is 0.694 bits per heavy atom. The van der Waals surface area contributed by atoms with Crippen molar-refractivity contribution in [1.82, 2.24) is 0 Å². The summed E-state index contributed by atoms with van der Waals surface area (Å²) in [6.07, 6.45) is -10.1. The van der Waals surface area contributed by atoms with E-state index in [1.807, 2.05) is 0 Å². The van der Waals surface area contributed by atoms with Crippen LogP contribution in [0.25, 0.3) is 0 Å². The second-order valence-electron chi connectivity index (χ2n) is 5.78. The summed E-state index contributed by atoms with van der Waals surface area (Å²) in [5.41, 5.74) is -5.54. The lowest BCUT2D eigenvalue weighted by Gasteiger charge is -2.12. The zero-order chi connectivity index (χ0) is 28.1. The molecule has 202 valence electrons. The molecule has 0 aromatic heterocycles. The third kappa shape index (κ3) is 12.7. The number of thioether (sulfide) groups is 2. The number of hydrogen-bond donors (Lipinski definition) is 1. The molecule has 0 atom stereocenters. The van der Waals surface area contributed by atoms with Crippen LogP contribution < -0.4 is 15.2 Å². The van der Waals surface area contributed by atoms with E-state index in [0.29, 0.717) is 24.3 Å². The van der Waals surface area contributed by atoms with Crippen molar-refractivity contribution in [3.8, 4) is 11.5 Å². The lowest BCUT2D eigenvalue weighted by atomic mass is 10.3. The van der Waals surface area contributed by atoms with Gasteiger partial charge in [-0.25, -0.2) is 0 Å². The minimum absolute atomic E-state index is 0.276. The van der Waals surface area contributed by atoms with Gasteiger partial charge in [-0.2, -0.15) is 26.3 Å². The third-order valence-electron chi connectivity index (χ3n) is 3.03. The van der Waals surface area contributed by atoms with E-state index in [1.165, 1.54) is 0 Å². The zero-order valence-corrected chi connectivity index (χ0v) is 18.1. The quantitative estimate of drug-likeness (QED) is 0.126. The Morgan fingerprint density at radius 3 is 1.47 bits per heavy atom. The molecule has 36 heavy (non-hydrogen) atoms. The molecule has 2 N–H and O–H groups in total. The van der Waals surface area contributed by atoms with Crippen molar-refractivity contribution in [3.05, 3.63) is 46.5 Å². The van der Waals surface area contributed by atoms with Crippen molar-refractivity contribution in [3.63, 3.8) is 0 Å². The van der Waals surface area contributed by atoms with Gasteiger partial charge in [0.15, 0.2) is 0 Å². The number of ether oxygens (including phenoxy) is 2. The molecule has 2 aromatic carbocycles. The van der Waals surface area contributed by atoms with Crippen LogP contribution in [0.1, 0.15) is 0 Å². The van der Waals surface area contributed by atoms with Gasteiger partial charge in [0.25, 0.3) is 5.69 Å². The van der Waals surface area contributed by atoms with Crippen LogP contribution >= 0.6 is 23.5 Å². The van der Waals surface area contributed by atoms with Crippen LogP contribution in [-0.2, 0) is 0 Å². The van der Waals surface area contributed by atoms with Gasteiger partial charge in [-0.15, -0.1) is 26.3 Å². The van der Waals surface area contributed by atoms with Crippen molar-refractivity contribution in [2.45, 2.75) is 33.5 Å². The SMILES string of the molecule is Nc1ccc(OC(F)(F)F)cc1SC(F)(F)F.O=[N+]([O-])c1ccc(OC(F)(F)F)cc1SC(F)(F)F. The number of hydrogen-bond acceptors (Lipinski definition) is 7. The lowest BCUT2D eigenvalue weighted by molar-refractivity contribution is -0.387. The molecule has 20 heteroatoms. The van der Waals surface area contributed by atoms with Gasteiger partial charge in [-0.3, -0.25) is 10.1 Å². The number of nitro benzene ring substituents is 1. The third-order valence-corrected chi connectivity index (χ3v) is 4.61. The average molecular weight is 584 g/mol. The second kappa shape index (κ2) is 11.4. The van der Waals surface area contributed by atoms with Crippen molar-refractivity contribution >= 4 is 34.9 Å². The number of nitrogen functional groups attached to an aromatic ring is 1. The van der Waals surface area contributed by atoms with E-state index in [0.717, 1.165) is 12.1 Å². The standard InChI is InChI=1S/C8H3F6NO3S.C8H5F6NOS/c9-7(10,11)18-4-1-2-5(15(16)17)6(3-4)19-8(12,13)14;9-7(10,11)16-4-1-2-5(15)6(3-4)17-8(12,13)14/h1-3H;1-3H,15H2. The first-order chi connectivity index (χ1) is 16.0. The molecular formula is C16H8F12N2O4S2. The Labute approximate surface area is 199 Å². The highest BCUT2D eigenvalue weighted by Gasteiger charge is 2.36. The Hall–Kier alpha value is -2.90. The number of alkyl halides is 12. The van der Waals surface area contributed by atoms with Crippen molar-refractivity contribution in [2.24, 2.45) is 0 Å². The molecule has 6 nitrogen and oxygen atoms in total. The Bertz CT molecular complexity index is 1060. The van der Waals surface area contributed by atoms with Gasteiger partial charge in [0.05, 0.1) is 9.82 Å². The van der Waals surface area contributed by atoms with Gasteiger partial charge in [0, 0.05) is 22.7 Å². The first-order valence-electron chi connectivity index (χ1n) is 8.25. The molecular weight excluding hydrogens is 576 g/mol. The highest BCUT2D eigenvalue weighted by Crippen LogP contribution is 2.43. The molecule has 0 heterocycles. The number of benzene rings is 2. The summed E-state index contributed by atoms with van der Waals surface area (Å²) in [4.78, 5) is 7.80. The van der Waals surface area contributed by atoms with E-state index >= 15 is 0 Å². The molecule has 2 rings (SSSR count). The van der Waals surface area contributed by atoms with Crippen molar-refractivity contribution in [2.75, 3.05) is 5.73 Å². The van der Waals surface area contributed by atoms with E-state index in [-0.39, 0.29) is 5.69 Å². The number of rotatable bonds is 5. The van der Waals surface area contributed by atoms with Crippen LogP contribution in [0.15, 0.2) is 46.2 Å². The van der Waals surface area contributed by atoms with Crippen LogP contribution in [0.4, 0.5) is 64.1 Å². The van der Waals surface area contributed by atoms with Crippen LogP contribution in [0.2, 0.25) is 0 Å². The van der Waals surface area contributed by atoms with E-state index < -0.39 is 79.2 Å². The van der Waals surface area contributed by atoms with Crippen LogP contribution in [-0.4, -0.2) is 28.7 Å². The fraction of sp³-hybridized carbons (Fsp3) is 0.250. The number of anilines is 1.